The van der Waals surface area contributed by atoms with Gasteiger partial charge in [0.15, 0.2) is 5.17 Å². The number of nitro benzene ring substituents is 1. The van der Waals surface area contributed by atoms with Crippen molar-refractivity contribution in [3.63, 3.8) is 0 Å². The highest BCUT2D eigenvalue weighted by atomic mass is 32.2. The number of azo groups is 1. The van der Waals surface area contributed by atoms with Crippen LogP contribution in [-0.2, 0) is 4.79 Å². The van der Waals surface area contributed by atoms with E-state index in [1.54, 1.807) is 18.2 Å². The quantitative estimate of drug-likeness (QED) is 0.203. The molecule has 1 saturated heterocycles. The Morgan fingerprint density at radius 2 is 1.70 bits per heavy atom. The number of carbonyl (C=O) groups excluding carboxylic acids is 1. The second-order valence-corrected chi connectivity index (χ2v) is 8.32. The van der Waals surface area contributed by atoms with Crippen LogP contribution < -0.4 is 5.32 Å². The molecule has 0 radical (unpaired) electrons. The number of aliphatic imine (C=N–C) groups is 1. The van der Waals surface area contributed by atoms with Crippen molar-refractivity contribution in [1.29, 1.82) is 0 Å². The molecule has 0 saturated carbocycles. The van der Waals surface area contributed by atoms with E-state index in [4.69, 9.17) is 0 Å². The van der Waals surface area contributed by atoms with Crippen molar-refractivity contribution in [2.75, 3.05) is 0 Å². The smallest absolute Gasteiger partial charge is 0.269 e. The van der Waals surface area contributed by atoms with Gasteiger partial charge in [-0.3, -0.25) is 14.9 Å². The van der Waals surface area contributed by atoms with E-state index in [1.807, 2.05) is 56.3 Å². The van der Waals surface area contributed by atoms with E-state index >= 15 is 0 Å². The molecule has 1 amide bonds. The maximum Gasteiger partial charge on any atom is 0.269 e. The van der Waals surface area contributed by atoms with Gasteiger partial charge in [-0.1, -0.05) is 18.2 Å². The Bertz CT molecular complexity index is 1330. The van der Waals surface area contributed by atoms with Crippen molar-refractivity contribution >= 4 is 51.7 Å². The first-order chi connectivity index (χ1) is 15.9. The van der Waals surface area contributed by atoms with Crippen LogP contribution >= 0.6 is 11.8 Å². The number of carbonyl (C=O) groups is 1. The molecule has 0 aliphatic carbocycles. The van der Waals surface area contributed by atoms with E-state index in [2.05, 4.69) is 20.5 Å². The molecule has 1 fully saturated rings. The Morgan fingerprint density at radius 3 is 2.39 bits per heavy atom. The molecule has 8 nitrogen and oxygen atoms in total. The summed E-state index contributed by atoms with van der Waals surface area (Å²) < 4.78 is 0. The lowest BCUT2D eigenvalue weighted by Crippen LogP contribution is -2.19. The van der Waals surface area contributed by atoms with Gasteiger partial charge in [0.25, 0.3) is 11.6 Å². The second kappa shape index (κ2) is 9.58. The lowest BCUT2D eigenvalue weighted by Gasteiger charge is -2.03. The Balaban J connectivity index is 1.49. The summed E-state index contributed by atoms with van der Waals surface area (Å²) in [4.78, 5) is 27.7. The largest absolute Gasteiger partial charge is 0.300 e. The topological polar surface area (TPSA) is 109 Å². The molecule has 0 bridgehead atoms. The zero-order valence-corrected chi connectivity index (χ0v) is 18.7. The highest BCUT2D eigenvalue weighted by Crippen LogP contribution is 2.31. The molecular weight excluding hydrogens is 438 g/mol. The summed E-state index contributed by atoms with van der Waals surface area (Å²) in [5.74, 6) is -0.265. The Labute approximate surface area is 194 Å². The number of nitrogens with zero attached hydrogens (tertiary/aromatic N) is 4. The van der Waals surface area contributed by atoms with Gasteiger partial charge in [-0.15, -0.1) is 0 Å². The number of amidine groups is 1. The molecule has 0 unspecified atom stereocenters. The van der Waals surface area contributed by atoms with Gasteiger partial charge in [0.05, 0.1) is 26.9 Å². The number of hydrogen-bond acceptors (Lipinski definition) is 7. The number of aryl methyl sites for hydroxylation is 2. The van der Waals surface area contributed by atoms with Gasteiger partial charge < -0.3 is 5.32 Å². The van der Waals surface area contributed by atoms with Crippen LogP contribution in [0, 0.1) is 24.0 Å². The summed E-state index contributed by atoms with van der Waals surface area (Å²) in [6, 6.07) is 19.3. The highest BCUT2D eigenvalue weighted by molar-refractivity contribution is 8.18. The number of hydrogen-bond donors (Lipinski definition) is 1. The number of rotatable bonds is 5. The van der Waals surface area contributed by atoms with Crippen LogP contribution in [0.25, 0.3) is 6.08 Å². The minimum absolute atomic E-state index is 0.000267. The predicted octanol–water partition coefficient (Wildman–Crippen LogP) is 6.52. The third kappa shape index (κ3) is 5.39. The van der Waals surface area contributed by atoms with Crippen LogP contribution in [0.5, 0.6) is 0 Å². The summed E-state index contributed by atoms with van der Waals surface area (Å²) >= 11 is 1.22. The van der Waals surface area contributed by atoms with E-state index < -0.39 is 4.92 Å². The first-order valence-corrected chi connectivity index (χ1v) is 10.8. The lowest BCUT2D eigenvalue weighted by atomic mass is 10.2. The molecule has 1 aliphatic rings. The third-order valence-electron chi connectivity index (χ3n) is 4.84. The Morgan fingerprint density at radius 1 is 0.939 bits per heavy atom. The molecular formula is C24H19N5O3S. The third-order valence-corrected chi connectivity index (χ3v) is 5.75. The summed E-state index contributed by atoms with van der Waals surface area (Å²) in [6.07, 6.45) is 1.67. The van der Waals surface area contributed by atoms with E-state index in [1.165, 1.54) is 23.9 Å². The fourth-order valence-corrected chi connectivity index (χ4v) is 3.88. The molecule has 1 N–H and O–H groups in total. The molecule has 3 aromatic carbocycles. The molecule has 164 valence electrons. The molecule has 0 atom stereocenters. The number of benzene rings is 3. The van der Waals surface area contributed by atoms with Crippen LogP contribution in [0.4, 0.5) is 22.7 Å². The maximum atomic E-state index is 12.3. The van der Waals surface area contributed by atoms with Crippen LogP contribution in [0.15, 0.2) is 86.9 Å². The van der Waals surface area contributed by atoms with Gasteiger partial charge in [-0.2, -0.15) is 10.2 Å². The number of nitrogens with one attached hydrogen (secondary N) is 1. The number of amides is 1. The Hall–Kier alpha value is -4.11. The standard InChI is InChI=1S/C24H19N5O3S/c1-15-5-3-4-6-21(15)28-27-18-9-12-20(16(2)13-18)25-24-26-23(30)22(33-24)14-17-7-10-19(11-8-17)29(31)32/h3-14H,1-2H3,(H,25,26,30)/b22-14-,28-27?. The summed E-state index contributed by atoms with van der Waals surface area (Å²) in [5, 5.41) is 22.6. The predicted molar refractivity (Wildman–Crippen MR) is 130 cm³/mol. The average Bonchev–Trinajstić information content (AvgIpc) is 3.14. The SMILES string of the molecule is Cc1ccccc1N=Nc1ccc(N=C2NC(=O)/C(=C/c3ccc([N+](=O)[O-])cc3)S2)c(C)c1. The van der Waals surface area contributed by atoms with E-state index in [-0.39, 0.29) is 11.6 Å². The van der Waals surface area contributed by atoms with Crippen molar-refractivity contribution in [2.24, 2.45) is 15.2 Å². The van der Waals surface area contributed by atoms with Crippen molar-refractivity contribution in [1.82, 2.24) is 5.32 Å². The van der Waals surface area contributed by atoms with Crippen LogP contribution in [0.1, 0.15) is 16.7 Å². The normalized spacial score (nSPS) is 16.0. The summed E-state index contributed by atoms with van der Waals surface area (Å²) in [6.45, 7) is 3.90. The second-order valence-electron chi connectivity index (χ2n) is 7.29. The molecule has 1 heterocycles. The number of thioether (sulfide) groups is 1. The van der Waals surface area contributed by atoms with Gasteiger partial charge in [0.2, 0.25) is 0 Å². The molecule has 0 spiro atoms. The summed E-state index contributed by atoms with van der Waals surface area (Å²) in [7, 11) is 0. The van der Waals surface area contributed by atoms with Gasteiger partial charge in [-0.25, -0.2) is 4.99 Å². The molecule has 4 rings (SSSR count). The molecule has 3 aromatic rings. The van der Waals surface area contributed by atoms with Crippen molar-refractivity contribution in [3.05, 3.63) is 98.4 Å². The van der Waals surface area contributed by atoms with Gasteiger partial charge in [-0.05, 0) is 84.8 Å². The first kappa shape index (κ1) is 22.1. The zero-order chi connectivity index (χ0) is 23.4. The average molecular weight is 458 g/mol. The lowest BCUT2D eigenvalue weighted by molar-refractivity contribution is -0.384. The molecule has 9 heteroatoms. The fourth-order valence-electron chi connectivity index (χ4n) is 3.05. The van der Waals surface area contributed by atoms with E-state index in [0.29, 0.717) is 27.0 Å². The van der Waals surface area contributed by atoms with E-state index in [0.717, 1.165) is 16.8 Å². The highest BCUT2D eigenvalue weighted by Gasteiger charge is 2.24. The minimum atomic E-state index is -0.462. The van der Waals surface area contributed by atoms with Gasteiger partial charge in [0.1, 0.15) is 0 Å². The van der Waals surface area contributed by atoms with Gasteiger partial charge in [0, 0.05) is 12.1 Å². The van der Waals surface area contributed by atoms with Crippen molar-refractivity contribution < 1.29 is 9.72 Å². The van der Waals surface area contributed by atoms with Gasteiger partial charge >= 0.3 is 0 Å². The molecule has 33 heavy (non-hydrogen) atoms. The number of non-ortho nitro benzene ring substituents is 1. The van der Waals surface area contributed by atoms with Crippen molar-refractivity contribution in [3.8, 4) is 0 Å². The van der Waals surface area contributed by atoms with E-state index in [9.17, 15) is 14.9 Å². The number of nitro groups is 1. The maximum absolute atomic E-state index is 12.3. The monoisotopic (exact) mass is 457 g/mol. The molecule has 0 aromatic heterocycles. The van der Waals surface area contributed by atoms with Crippen LogP contribution in [0.3, 0.4) is 0 Å². The van der Waals surface area contributed by atoms with Crippen molar-refractivity contribution in [2.45, 2.75) is 13.8 Å². The Kier molecular flexibility index (Phi) is 6.41. The van der Waals surface area contributed by atoms with Crippen LogP contribution in [0.2, 0.25) is 0 Å². The molecule has 1 aliphatic heterocycles. The summed E-state index contributed by atoms with van der Waals surface area (Å²) in [5.41, 5.74) is 4.88. The zero-order valence-electron chi connectivity index (χ0n) is 17.9. The van der Waals surface area contributed by atoms with Crippen LogP contribution in [-0.4, -0.2) is 16.0 Å². The first-order valence-electron chi connectivity index (χ1n) is 10.0. The fraction of sp³-hybridized carbons (Fsp3) is 0.0833. The minimum Gasteiger partial charge on any atom is -0.300 e.